The van der Waals surface area contributed by atoms with Crippen molar-refractivity contribution in [1.82, 2.24) is 10.2 Å². The molecule has 1 aliphatic carbocycles. The SMILES string of the molecule is CN(CCCNC(=O)CCC(C)(C)N)C1CCCCC1. The Morgan fingerprint density at radius 2 is 1.95 bits per heavy atom. The number of hydrogen-bond acceptors (Lipinski definition) is 3. The van der Waals surface area contributed by atoms with Crippen molar-refractivity contribution < 1.29 is 4.79 Å². The van der Waals surface area contributed by atoms with Crippen molar-refractivity contribution in [3.8, 4) is 0 Å². The van der Waals surface area contributed by atoms with Crippen LogP contribution in [0.2, 0.25) is 0 Å². The Kier molecular flexibility index (Phi) is 7.52. The van der Waals surface area contributed by atoms with Gasteiger partial charge in [-0.3, -0.25) is 4.79 Å². The van der Waals surface area contributed by atoms with Crippen LogP contribution in [-0.2, 0) is 4.79 Å². The molecule has 0 saturated heterocycles. The second kappa shape index (κ2) is 8.63. The average Bonchev–Trinajstić information content (AvgIpc) is 2.41. The summed E-state index contributed by atoms with van der Waals surface area (Å²) in [6.45, 7) is 5.77. The molecular formula is C16H33N3O. The molecular weight excluding hydrogens is 250 g/mol. The highest BCUT2D eigenvalue weighted by Gasteiger charge is 2.17. The summed E-state index contributed by atoms with van der Waals surface area (Å²) >= 11 is 0. The summed E-state index contributed by atoms with van der Waals surface area (Å²) in [4.78, 5) is 14.1. The first-order chi connectivity index (χ1) is 9.38. The number of nitrogens with two attached hydrogens (primary N) is 1. The number of amides is 1. The fraction of sp³-hybridized carbons (Fsp3) is 0.938. The molecule has 0 aromatic carbocycles. The molecule has 1 amide bonds. The highest BCUT2D eigenvalue weighted by molar-refractivity contribution is 5.75. The summed E-state index contributed by atoms with van der Waals surface area (Å²) in [5, 5.41) is 2.99. The van der Waals surface area contributed by atoms with Crippen LogP contribution in [0, 0.1) is 0 Å². The van der Waals surface area contributed by atoms with Crippen molar-refractivity contribution in [2.75, 3.05) is 20.1 Å². The number of rotatable bonds is 8. The number of nitrogens with one attached hydrogen (secondary N) is 1. The van der Waals surface area contributed by atoms with Gasteiger partial charge < -0.3 is 16.0 Å². The molecule has 1 rings (SSSR count). The Bertz CT molecular complexity index is 280. The van der Waals surface area contributed by atoms with Crippen LogP contribution in [0.5, 0.6) is 0 Å². The van der Waals surface area contributed by atoms with Gasteiger partial charge in [-0.15, -0.1) is 0 Å². The molecule has 20 heavy (non-hydrogen) atoms. The van der Waals surface area contributed by atoms with E-state index in [1.54, 1.807) is 0 Å². The maximum absolute atomic E-state index is 11.7. The molecule has 0 heterocycles. The standard InChI is InChI=1S/C16H33N3O/c1-16(2,17)11-10-15(20)18-12-7-13-19(3)14-8-5-4-6-9-14/h14H,4-13,17H2,1-3H3,(H,18,20). The summed E-state index contributed by atoms with van der Waals surface area (Å²) in [6.07, 6.45) is 9.13. The Morgan fingerprint density at radius 3 is 2.55 bits per heavy atom. The zero-order valence-corrected chi connectivity index (χ0v) is 13.6. The Hall–Kier alpha value is -0.610. The van der Waals surface area contributed by atoms with E-state index in [9.17, 15) is 4.79 Å². The fourth-order valence-electron chi connectivity index (χ4n) is 2.78. The lowest BCUT2D eigenvalue weighted by atomic mass is 9.94. The van der Waals surface area contributed by atoms with Gasteiger partial charge in [0.25, 0.3) is 0 Å². The molecule has 1 aliphatic rings. The van der Waals surface area contributed by atoms with Crippen LogP contribution < -0.4 is 11.1 Å². The molecule has 1 fully saturated rings. The summed E-state index contributed by atoms with van der Waals surface area (Å²) < 4.78 is 0. The molecule has 0 radical (unpaired) electrons. The van der Waals surface area contributed by atoms with Crippen LogP contribution in [0.25, 0.3) is 0 Å². The minimum absolute atomic E-state index is 0.129. The molecule has 4 heteroatoms. The predicted molar refractivity (Wildman–Crippen MR) is 84.6 cm³/mol. The van der Waals surface area contributed by atoms with Crippen molar-refractivity contribution in [2.45, 2.75) is 76.8 Å². The van der Waals surface area contributed by atoms with E-state index >= 15 is 0 Å². The summed E-state index contributed by atoms with van der Waals surface area (Å²) in [7, 11) is 2.22. The molecule has 1 saturated carbocycles. The van der Waals surface area contributed by atoms with Gasteiger partial charge in [0.15, 0.2) is 0 Å². The topological polar surface area (TPSA) is 58.4 Å². The number of carbonyl (C=O) groups excluding carboxylic acids is 1. The van der Waals surface area contributed by atoms with E-state index in [1.165, 1.54) is 32.1 Å². The van der Waals surface area contributed by atoms with Crippen LogP contribution in [0.3, 0.4) is 0 Å². The van der Waals surface area contributed by atoms with Crippen molar-refractivity contribution in [3.63, 3.8) is 0 Å². The third kappa shape index (κ3) is 7.85. The van der Waals surface area contributed by atoms with E-state index in [0.29, 0.717) is 6.42 Å². The summed E-state index contributed by atoms with van der Waals surface area (Å²) in [5.74, 6) is 0.129. The molecule has 118 valence electrons. The highest BCUT2D eigenvalue weighted by atomic mass is 16.1. The molecule has 0 aliphatic heterocycles. The second-order valence-corrected chi connectivity index (χ2v) is 6.96. The van der Waals surface area contributed by atoms with Gasteiger partial charge in [0.2, 0.25) is 5.91 Å². The highest BCUT2D eigenvalue weighted by Crippen LogP contribution is 2.21. The van der Waals surface area contributed by atoms with Crippen LogP contribution >= 0.6 is 0 Å². The van der Waals surface area contributed by atoms with E-state index < -0.39 is 0 Å². The van der Waals surface area contributed by atoms with E-state index in [1.807, 2.05) is 13.8 Å². The molecule has 0 bridgehead atoms. The van der Waals surface area contributed by atoms with Gasteiger partial charge >= 0.3 is 0 Å². The molecule has 3 N–H and O–H groups in total. The molecule has 0 unspecified atom stereocenters. The zero-order valence-electron chi connectivity index (χ0n) is 13.6. The quantitative estimate of drug-likeness (QED) is 0.672. The molecule has 0 aromatic rings. The van der Waals surface area contributed by atoms with E-state index in [4.69, 9.17) is 5.73 Å². The normalized spacial score (nSPS) is 17.4. The van der Waals surface area contributed by atoms with E-state index in [0.717, 1.165) is 32.0 Å². The zero-order chi connectivity index (χ0) is 15.0. The van der Waals surface area contributed by atoms with E-state index in [-0.39, 0.29) is 11.4 Å². The van der Waals surface area contributed by atoms with Gasteiger partial charge in [0.1, 0.15) is 0 Å². The molecule has 0 atom stereocenters. The summed E-state index contributed by atoms with van der Waals surface area (Å²) in [5.41, 5.74) is 5.62. The maximum Gasteiger partial charge on any atom is 0.220 e. The second-order valence-electron chi connectivity index (χ2n) is 6.96. The van der Waals surface area contributed by atoms with Crippen LogP contribution in [0.1, 0.15) is 65.2 Å². The summed E-state index contributed by atoms with van der Waals surface area (Å²) in [6, 6.07) is 0.762. The first-order valence-corrected chi connectivity index (χ1v) is 8.14. The predicted octanol–water partition coefficient (Wildman–Crippen LogP) is 2.27. The van der Waals surface area contributed by atoms with Gasteiger partial charge in [-0.25, -0.2) is 0 Å². The van der Waals surface area contributed by atoms with Crippen LogP contribution in [0.4, 0.5) is 0 Å². The number of carbonyl (C=O) groups is 1. The third-order valence-electron chi connectivity index (χ3n) is 4.20. The lowest BCUT2D eigenvalue weighted by Gasteiger charge is -2.31. The minimum Gasteiger partial charge on any atom is -0.356 e. The van der Waals surface area contributed by atoms with Crippen LogP contribution in [-0.4, -0.2) is 42.5 Å². The van der Waals surface area contributed by atoms with Crippen molar-refractivity contribution in [2.24, 2.45) is 5.73 Å². The van der Waals surface area contributed by atoms with Gasteiger partial charge in [-0.1, -0.05) is 19.3 Å². The first kappa shape index (κ1) is 17.4. The van der Waals surface area contributed by atoms with Crippen molar-refractivity contribution in [1.29, 1.82) is 0 Å². The smallest absolute Gasteiger partial charge is 0.220 e. The Labute approximate surface area is 124 Å². The average molecular weight is 283 g/mol. The van der Waals surface area contributed by atoms with Crippen molar-refractivity contribution >= 4 is 5.91 Å². The van der Waals surface area contributed by atoms with Crippen LogP contribution in [0.15, 0.2) is 0 Å². The Morgan fingerprint density at radius 1 is 1.30 bits per heavy atom. The molecule has 0 spiro atoms. The largest absolute Gasteiger partial charge is 0.356 e. The minimum atomic E-state index is -0.251. The Balaban J connectivity index is 2.04. The number of hydrogen-bond donors (Lipinski definition) is 2. The van der Waals surface area contributed by atoms with Gasteiger partial charge in [-0.05, 0) is 53.1 Å². The van der Waals surface area contributed by atoms with Crippen molar-refractivity contribution in [3.05, 3.63) is 0 Å². The molecule has 4 nitrogen and oxygen atoms in total. The van der Waals surface area contributed by atoms with Gasteiger partial charge in [0, 0.05) is 24.5 Å². The first-order valence-electron chi connectivity index (χ1n) is 8.14. The van der Waals surface area contributed by atoms with Gasteiger partial charge in [-0.2, -0.15) is 0 Å². The lowest BCUT2D eigenvalue weighted by Crippen LogP contribution is -2.36. The number of nitrogens with zero attached hydrogens (tertiary/aromatic N) is 1. The van der Waals surface area contributed by atoms with E-state index in [2.05, 4.69) is 17.3 Å². The third-order valence-corrected chi connectivity index (χ3v) is 4.20. The van der Waals surface area contributed by atoms with Gasteiger partial charge in [0.05, 0.1) is 0 Å². The monoisotopic (exact) mass is 283 g/mol. The lowest BCUT2D eigenvalue weighted by molar-refractivity contribution is -0.121. The molecule has 0 aromatic heterocycles. The maximum atomic E-state index is 11.7. The fourth-order valence-corrected chi connectivity index (χ4v) is 2.78.